The Morgan fingerprint density at radius 1 is 1.25 bits per heavy atom. The molecule has 0 radical (unpaired) electrons. The van der Waals surface area contributed by atoms with Crippen molar-refractivity contribution in [3.05, 3.63) is 41.0 Å². The van der Waals surface area contributed by atoms with E-state index >= 15 is 0 Å². The summed E-state index contributed by atoms with van der Waals surface area (Å²) in [7, 11) is 0. The molecule has 0 saturated heterocycles. The summed E-state index contributed by atoms with van der Waals surface area (Å²) in [5, 5.41) is 9.96. The second-order valence-electron chi connectivity index (χ2n) is 4.17. The van der Waals surface area contributed by atoms with Crippen LogP contribution in [-0.2, 0) is 6.61 Å². The summed E-state index contributed by atoms with van der Waals surface area (Å²) in [6, 6.07) is 7.95. The van der Waals surface area contributed by atoms with Gasteiger partial charge >= 0.3 is 0 Å². The highest BCUT2D eigenvalue weighted by molar-refractivity contribution is 7.23. The van der Waals surface area contributed by atoms with Gasteiger partial charge in [-0.05, 0) is 24.6 Å². The monoisotopic (exact) mass is 304 g/mol. The smallest absolute Gasteiger partial charge is 0.203 e. The molecule has 0 amide bonds. The molecular weight excluding hydrogens is 292 g/mol. The predicted molar refractivity (Wildman–Crippen MR) is 80.9 cm³/mol. The fraction of sp³-hybridized carbons (Fsp3) is 0.154. The number of aryl methyl sites for hydroxylation is 1. The number of nitrogen functional groups attached to an aromatic ring is 1. The third-order valence-corrected chi connectivity index (χ3v) is 4.45. The molecule has 20 heavy (non-hydrogen) atoms. The van der Waals surface area contributed by atoms with E-state index in [1.807, 2.05) is 31.2 Å². The molecule has 0 spiro atoms. The molecule has 7 heteroatoms. The lowest BCUT2D eigenvalue weighted by Crippen LogP contribution is -1.94. The number of benzene rings is 1. The maximum absolute atomic E-state index is 5.72. The predicted octanol–water partition coefficient (Wildman–Crippen LogP) is 3.13. The first-order chi connectivity index (χ1) is 9.70. The number of aromatic nitrogens is 3. The third-order valence-electron chi connectivity index (χ3n) is 2.56. The quantitative estimate of drug-likeness (QED) is 0.801. The highest BCUT2D eigenvalue weighted by Gasteiger charge is 2.09. The second-order valence-corrected chi connectivity index (χ2v) is 6.29. The van der Waals surface area contributed by atoms with Gasteiger partial charge in [-0.25, -0.2) is 4.98 Å². The largest absolute Gasteiger partial charge is 0.486 e. The van der Waals surface area contributed by atoms with Gasteiger partial charge in [0.15, 0.2) is 5.01 Å². The van der Waals surface area contributed by atoms with Crippen molar-refractivity contribution in [1.82, 2.24) is 15.2 Å². The van der Waals surface area contributed by atoms with Crippen LogP contribution in [0.15, 0.2) is 30.5 Å². The summed E-state index contributed by atoms with van der Waals surface area (Å²) in [6.45, 7) is 2.48. The number of nitrogens with two attached hydrogens (primary N) is 1. The normalized spacial score (nSPS) is 10.7. The molecule has 0 aliphatic rings. The van der Waals surface area contributed by atoms with Crippen LogP contribution in [0.2, 0.25) is 0 Å². The van der Waals surface area contributed by atoms with Crippen LogP contribution in [0.4, 0.5) is 5.13 Å². The third kappa shape index (κ3) is 2.94. The molecule has 0 aliphatic heterocycles. The van der Waals surface area contributed by atoms with Crippen molar-refractivity contribution >= 4 is 27.8 Å². The van der Waals surface area contributed by atoms with Gasteiger partial charge in [0, 0.05) is 6.20 Å². The van der Waals surface area contributed by atoms with Crippen molar-refractivity contribution in [2.45, 2.75) is 13.5 Å². The molecule has 0 saturated carbocycles. The van der Waals surface area contributed by atoms with Gasteiger partial charge in [-0.3, -0.25) is 0 Å². The minimum Gasteiger partial charge on any atom is -0.486 e. The lowest BCUT2D eigenvalue weighted by atomic mass is 10.2. The van der Waals surface area contributed by atoms with Gasteiger partial charge in [0.1, 0.15) is 17.4 Å². The second kappa shape index (κ2) is 5.56. The van der Waals surface area contributed by atoms with E-state index < -0.39 is 0 Å². The molecule has 3 aromatic rings. The molecule has 5 nitrogen and oxygen atoms in total. The van der Waals surface area contributed by atoms with Crippen LogP contribution in [0.25, 0.3) is 9.88 Å². The first-order valence-corrected chi connectivity index (χ1v) is 7.57. The Bertz CT molecular complexity index is 722. The molecule has 2 heterocycles. The summed E-state index contributed by atoms with van der Waals surface area (Å²) >= 11 is 2.89. The van der Waals surface area contributed by atoms with Gasteiger partial charge in [-0.1, -0.05) is 23.5 Å². The van der Waals surface area contributed by atoms with Crippen molar-refractivity contribution < 1.29 is 4.74 Å². The first kappa shape index (κ1) is 13.0. The number of anilines is 1. The molecule has 2 aromatic heterocycles. The van der Waals surface area contributed by atoms with E-state index in [4.69, 9.17) is 10.5 Å². The number of rotatable bonds is 4. The first-order valence-electron chi connectivity index (χ1n) is 5.94. The van der Waals surface area contributed by atoms with Crippen molar-refractivity contribution in [3.8, 4) is 15.6 Å². The molecule has 3 rings (SSSR count). The number of nitrogens with zero attached hydrogens (tertiary/aromatic N) is 3. The van der Waals surface area contributed by atoms with E-state index in [0.29, 0.717) is 11.7 Å². The van der Waals surface area contributed by atoms with Crippen LogP contribution in [0, 0.1) is 6.92 Å². The zero-order chi connectivity index (χ0) is 13.9. The topological polar surface area (TPSA) is 73.9 Å². The van der Waals surface area contributed by atoms with Crippen LogP contribution >= 0.6 is 22.7 Å². The van der Waals surface area contributed by atoms with E-state index in [-0.39, 0.29) is 0 Å². The van der Waals surface area contributed by atoms with Gasteiger partial charge in [0.25, 0.3) is 0 Å². The molecule has 0 fully saturated rings. The van der Waals surface area contributed by atoms with Crippen LogP contribution in [0.5, 0.6) is 5.75 Å². The Morgan fingerprint density at radius 2 is 2.15 bits per heavy atom. The van der Waals surface area contributed by atoms with Crippen LogP contribution in [-0.4, -0.2) is 15.2 Å². The Labute approximate surface area is 124 Å². The lowest BCUT2D eigenvalue weighted by Gasteiger charge is -2.04. The Morgan fingerprint density at radius 3 is 2.90 bits per heavy atom. The summed E-state index contributed by atoms with van der Waals surface area (Å²) in [6.07, 6.45) is 1.78. The number of ether oxygens (including phenoxy) is 1. The maximum atomic E-state index is 5.72. The molecular formula is C13H12N4OS2. The van der Waals surface area contributed by atoms with E-state index in [1.165, 1.54) is 28.2 Å². The van der Waals surface area contributed by atoms with Crippen molar-refractivity contribution in [1.29, 1.82) is 0 Å². The zero-order valence-corrected chi connectivity index (χ0v) is 12.4. The van der Waals surface area contributed by atoms with Crippen LogP contribution in [0.3, 0.4) is 0 Å². The van der Waals surface area contributed by atoms with Crippen LogP contribution in [0.1, 0.15) is 10.6 Å². The molecule has 2 N–H and O–H groups in total. The molecule has 1 aromatic carbocycles. The van der Waals surface area contributed by atoms with E-state index in [1.54, 1.807) is 6.20 Å². The summed E-state index contributed by atoms with van der Waals surface area (Å²) in [4.78, 5) is 5.29. The highest BCUT2D eigenvalue weighted by atomic mass is 32.1. The SMILES string of the molecule is Cc1cccc(OCc2ncc(-c3nnc(N)s3)s2)c1. The van der Waals surface area contributed by atoms with Crippen molar-refractivity contribution in [3.63, 3.8) is 0 Å². The highest BCUT2D eigenvalue weighted by Crippen LogP contribution is 2.30. The van der Waals surface area contributed by atoms with Gasteiger partial charge in [0.2, 0.25) is 5.13 Å². The van der Waals surface area contributed by atoms with Gasteiger partial charge < -0.3 is 10.5 Å². The minimum atomic E-state index is 0.447. The minimum absolute atomic E-state index is 0.447. The average Bonchev–Trinajstić information content (AvgIpc) is 3.05. The Kier molecular flexibility index (Phi) is 3.62. The molecule has 0 bridgehead atoms. The fourth-order valence-corrected chi connectivity index (χ4v) is 3.14. The fourth-order valence-electron chi connectivity index (χ4n) is 1.66. The van der Waals surface area contributed by atoms with E-state index in [2.05, 4.69) is 15.2 Å². The van der Waals surface area contributed by atoms with Gasteiger partial charge in [-0.2, -0.15) is 0 Å². The Hall–Kier alpha value is -1.99. The summed E-state index contributed by atoms with van der Waals surface area (Å²) in [5.74, 6) is 0.849. The number of hydrogen-bond donors (Lipinski definition) is 1. The van der Waals surface area contributed by atoms with E-state index in [0.717, 1.165) is 20.6 Å². The van der Waals surface area contributed by atoms with Crippen LogP contribution < -0.4 is 10.5 Å². The molecule has 0 atom stereocenters. The zero-order valence-electron chi connectivity index (χ0n) is 10.7. The van der Waals surface area contributed by atoms with E-state index in [9.17, 15) is 0 Å². The standard InChI is InChI=1S/C13H12N4OS2/c1-8-3-2-4-9(5-8)18-7-11-15-6-10(19-11)12-16-17-13(14)20-12/h2-6H,7H2,1H3,(H2,14,17). The summed E-state index contributed by atoms with van der Waals surface area (Å²) < 4.78 is 5.72. The summed E-state index contributed by atoms with van der Waals surface area (Å²) in [5.41, 5.74) is 6.75. The molecule has 0 unspecified atom stereocenters. The van der Waals surface area contributed by atoms with Gasteiger partial charge in [-0.15, -0.1) is 21.5 Å². The van der Waals surface area contributed by atoms with Gasteiger partial charge in [0.05, 0.1) is 4.88 Å². The van der Waals surface area contributed by atoms with Crippen molar-refractivity contribution in [2.75, 3.05) is 5.73 Å². The average molecular weight is 304 g/mol. The van der Waals surface area contributed by atoms with Crippen molar-refractivity contribution in [2.24, 2.45) is 0 Å². The Balaban J connectivity index is 1.68. The maximum Gasteiger partial charge on any atom is 0.203 e. The molecule has 0 aliphatic carbocycles. The lowest BCUT2D eigenvalue weighted by molar-refractivity contribution is 0.305. The number of thiazole rings is 1. The molecule has 102 valence electrons. The number of hydrogen-bond acceptors (Lipinski definition) is 7.